The van der Waals surface area contributed by atoms with Crippen molar-refractivity contribution in [1.82, 2.24) is 9.78 Å². The van der Waals surface area contributed by atoms with Crippen molar-refractivity contribution in [2.45, 2.75) is 24.7 Å². The summed E-state index contributed by atoms with van der Waals surface area (Å²) in [7, 11) is 0. The van der Waals surface area contributed by atoms with Gasteiger partial charge in [-0.05, 0) is 12.1 Å². The van der Waals surface area contributed by atoms with Gasteiger partial charge in [-0.15, -0.1) is 11.6 Å². The predicted molar refractivity (Wildman–Crippen MR) is 92.3 cm³/mol. The van der Waals surface area contributed by atoms with Crippen LogP contribution in [0, 0.1) is 11.3 Å². The molecule has 0 aliphatic rings. The Hall–Kier alpha value is -2.16. The molecule has 0 spiro atoms. The number of benzene rings is 1. The van der Waals surface area contributed by atoms with Crippen molar-refractivity contribution in [2.75, 3.05) is 5.32 Å². The molecule has 0 saturated carbocycles. The first-order chi connectivity index (χ1) is 13.2. The minimum atomic E-state index is -5.04. The summed E-state index contributed by atoms with van der Waals surface area (Å²) in [6, 6.07) is 2.33. The Labute approximate surface area is 173 Å². The summed E-state index contributed by atoms with van der Waals surface area (Å²) in [6.45, 7) is 0.944. The average molecular weight is 480 g/mol. The molecule has 2 aromatic rings. The molecule has 0 radical (unpaired) electrons. The third kappa shape index (κ3) is 4.71. The van der Waals surface area contributed by atoms with Crippen molar-refractivity contribution in [3.8, 4) is 11.8 Å². The second-order valence-electron chi connectivity index (χ2n) is 5.51. The number of halogens is 9. The van der Waals surface area contributed by atoms with Gasteiger partial charge in [-0.3, -0.25) is 4.79 Å². The standard InChI is InChI=1S/C15H7Cl3F6N4O/c1-5(29)26-13-10(12(18)15(22,23)24)9(4-25)27-28(13)11-7(16)2-6(3-8(11)17)14(19,20)21/h2-3,12H,1H3,(H,26,29). The maximum absolute atomic E-state index is 13.2. The number of nitriles is 1. The summed E-state index contributed by atoms with van der Waals surface area (Å²) < 4.78 is 78.7. The molecule has 0 saturated heterocycles. The normalized spacial score (nSPS) is 13.1. The van der Waals surface area contributed by atoms with Crippen LogP contribution in [-0.2, 0) is 11.0 Å². The highest BCUT2D eigenvalue weighted by molar-refractivity contribution is 6.38. The number of carbonyl (C=O) groups excluding carboxylic acids is 1. The first kappa shape index (κ1) is 23.1. The number of carbonyl (C=O) groups is 1. The Morgan fingerprint density at radius 3 is 2.10 bits per heavy atom. The van der Waals surface area contributed by atoms with E-state index in [0.717, 1.165) is 6.92 Å². The highest BCUT2D eigenvalue weighted by Gasteiger charge is 2.44. The first-order valence-electron chi connectivity index (χ1n) is 7.26. The Morgan fingerprint density at radius 1 is 1.21 bits per heavy atom. The lowest BCUT2D eigenvalue weighted by Crippen LogP contribution is -2.19. The van der Waals surface area contributed by atoms with Crippen LogP contribution in [-0.4, -0.2) is 21.9 Å². The van der Waals surface area contributed by atoms with E-state index >= 15 is 0 Å². The van der Waals surface area contributed by atoms with Crippen LogP contribution in [0.15, 0.2) is 12.1 Å². The van der Waals surface area contributed by atoms with E-state index in [1.165, 1.54) is 6.07 Å². The van der Waals surface area contributed by atoms with E-state index in [2.05, 4.69) is 5.10 Å². The molecular weight excluding hydrogens is 473 g/mol. The van der Waals surface area contributed by atoms with Crippen molar-refractivity contribution in [3.63, 3.8) is 0 Å². The van der Waals surface area contributed by atoms with Gasteiger partial charge in [0.1, 0.15) is 17.6 Å². The molecule has 1 heterocycles. The van der Waals surface area contributed by atoms with Crippen molar-refractivity contribution >= 4 is 46.5 Å². The zero-order valence-electron chi connectivity index (χ0n) is 13.9. The summed E-state index contributed by atoms with van der Waals surface area (Å²) in [4.78, 5) is 11.5. The molecule has 2 rings (SSSR count). The van der Waals surface area contributed by atoms with Crippen LogP contribution >= 0.6 is 34.8 Å². The Bertz CT molecular complexity index is 986. The third-order valence-electron chi connectivity index (χ3n) is 3.42. The molecule has 0 aliphatic heterocycles. The molecule has 1 aromatic heterocycles. The highest BCUT2D eigenvalue weighted by atomic mass is 35.5. The predicted octanol–water partition coefficient (Wildman–Crippen LogP) is 5.87. The number of hydrogen-bond acceptors (Lipinski definition) is 3. The fourth-order valence-electron chi connectivity index (χ4n) is 2.30. The van der Waals surface area contributed by atoms with Crippen LogP contribution in [0.3, 0.4) is 0 Å². The number of anilines is 1. The molecule has 156 valence electrons. The van der Waals surface area contributed by atoms with Crippen LogP contribution in [0.4, 0.5) is 32.2 Å². The molecule has 29 heavy (non-hydrogen) atoms. The van der Waals surface area contributed by atoms with Gasteiger partial charge in [0.05, 0.1) is 21.2 Å². The number of amides is 1. The zero-order valence-corrected chi connectivity index (χ0v) is 16.2. The highest BCUT2D eigenvalue weighted by Crippen LogP contribution is 2.45. The van der Waals surface area contributed by atoms with Crippen LogP contribution < -0.4 is 5.32 Å². The molecule has 0 aliphatic carbocycles. The largest absolute Gasteiger partial charge is 0.416 e. The molecule has 14 heteroatoms. The van der Waals surface area contributed by atoms with Gasteiger partial charge in [-0.2, -0.15) is 36.7 Å². The van der Waals surface area contributed by atoms with Crippen LogP contribution in [0.5, 0.6) is 0 Å². The number of alkyl halides is 7. The first-order valence-corrected chi connectivity index (χ1v) is 8.45. The van der Waals surface area contributed by atoms with Crippen molar-refractivity contribution in [2.24, 2.45) is 0 Å². The summed E-state index contributed by atoms with van der Waals surface area (Å²) in [5.74, 6) is -1.59. The number of nitrogens with zero attached hydrogens (tertiary/aromatic N) is 3. The average Bonchev–Trinajstić information content (AvgIpc) is 2.89. The molecule has 5 nitrogen and oxygen atoms in total. The van der Waals surface area contributed by atoms with Crippen molar-refractivity contribution in [3.05, 3.63) is 39.0 Å². The molecule has 1 N–H and O–H groups in total. The molecule has 1 atom stereocenters. The van der Waals surface area contributed by atoms with Gasteiger partial charge in [0.2, 0.25) is 5.91 Å². The Kier molecular flexibility index (Phi) is 6.32. The quantitative estimate of drug-likeness (QED) is 0.442. The maximum atomic E-state index is 13.2. The number of aromatic nitrogens is 2. The molecule has 1 aromatic carbocycles. The Balaban J connectivity index is 2.86. The van der Waals surface area contributed by atoms with E-state index in [9.17, 15) is 31.1 Å². The van der Waals surface area contributed by atoms with Crippen molar-refractivity contribution in [1.29, 1.82) is 5.26 Å². The van der Waals surface area contributed by atoms with Crippen LogP contribution in [0.1, 0.15) is 29.1 Å². The minimum absolute atomic E-state index is 0.468. The smallest absolute Gasteiger partial charge is 0.311 e. The summed E-state index contributed by atoms with van der Waals surface area (Å²) >= 11 is 17.1. The molecule has 0 bridgehead atoms. The monoisotopic (exact) mass is 478 g/mol. The van der Waals surface area contributed by atoms with Gasteiger partial charge in [-0.1, -0.05) is 23.2 Å². The Morgan fingerprint density at radius 2 is 1.72 bits per heavy atom. The zero-order chi connectivity index (χ0) is 22.3. The second kappa shape index (κ2) is 7.93. The summed E-state index contributed by atoms with van der Waals surface area (Å²) in [5, 5.41) is 10.7. The molecular formula is C15H7Cl3F6N4O. The van der Waals surface area contributed by atoms with Gasteiger partial charge in [0, 0.05) is 6.92 Å². The number of hydrogen-bond donors (Lipinski definition) is 1. The second-order valence-corrected chi connectivity index (χ2v) is 6.76. The van der Waals surface area contributed by atoms with Crippen molar-refractivity contribution < 1.29 is 31.1 Å². The van der Waals surface area contributed by atoms with E-state index in [4.69, 9.17) is 40.1 Å². The lowest BCUT2D eigenvalue weighted by atomic mass is 10.1. The van der Waals surface area contributed by atoms with E-state index in [1.54, 1.807) is 0 Å². The van der Waals surface area contributed by atoms with Crippen LogP contribution in [0.2, 0.25) is 10.0 Å². The summed E-state index contributed by atoms with van der Waals surface area (Å²) in [5.41, 5.74) is -3.46. The van der Waals surface area contributed by atoms with Gasteiger partial charge in [0.25, 0.3) is 0 Å². The number of nitrogens with one attached hydrogen (secondary N) is 1. The third-order valence-corrected chi connectivity index (χ3v) is 4.46. The minimum Gasteiger partial charge on any atom is -0.311 e. The fraction of sp³-hybridized carbons (Fsp3) is 0.267. The molecule has 0 fully saturated rings. The fourth-order valence-corrected chi connectivity index (χ4v) is 3.15. The molecule has 1 unspecified atom stereocenters. The van der Waals surface area contributed by atoms with Gasteiger partial charge in [-0.25, -0.2) is 4.68 Å². The van der Waals surface area contributed by atoms with E-state index in [1.807, 2.05) is 5.32 Å². The van der Waals surface area contributed by atoms with E-state index in [0.29, 0.717) is 16.8 Å². The maximum Gasteiger partial charge on any atom is 0.416 e. The number of rotatable bonds is 3. The topological polar surface area (TPSA) is 70.7 Å². The van der Waals surface area contributed by atoms with Gasteiger partial charge >= 0.3 is 12.4 Å². The van der Waals surface area contributed by atoms with Crippen LogP contribution in [0.25, 0.3) is 5.69 Å². The molecule has 1 amide bonds. The SMILES string of the molecule is CC(=O)Nc1c(C(Cl)C(F)(F)F)c(C#N)nn1-c1c(Cl)cc(C(F)(F)F)cc1Cl. The summed E-state index contributed by atoms with van der Waals surface area (Å²) in [6.07, 6.45) is -9.85. The lowest BCUT2D eigenvalue weighted by Gasteiger charge is -2.17. The van der Waals surface area contributed by atoms with E-state index in [-0.39, 0.29) is 0 Å². The lowest BCUT2D eigenvalue weighted by molar-refractivity contribution is -0.137. The van der Waals surface area contributed by atoms with Gasteiger partial charge < -0.3 is 5.32 Å². The van der Waals surface area contributed by atoms with Gasteiger partial charge in [0.15, 0.2) is 11.1 Å². The van der Waals surface area contributed by atoms with E-state index < -0.39 is 62.0 Å².